The molecule has 0 radical (unpaired) electrons. The molecular weight excluding hydrogens is 271 g/mol. The van der Waals surface area contributed by atoms with E-state index in [1.54, 1.807) is 0 Å². The molecule has 2 fully saturated rings. The minimum absolute atomic E-state index is 0.0677. The van der Waals surface area contributed by atoms with Gasteiger partial charge < -0.3 is 5.32 Å². The SMILES string of the molecule is CSC1CCCCC1NC1CCCC(C(F)(F)F)C1. The van der Waals surface area contributed by atoms with Gasteiger partial charge >= 0.3 is 6.18 Å². The molecule has 4 unspecified atom stereocenters. The number of nitrogens with one attached hydrogen (secondary N) is 1. The van der Waals surface area contributed by atoms with Crippen LogP contribution in [0.15, 0.2) is 0 Å². The summed E-state index contributed by atoms with van der Waals surface area (Å²) < 4.78 is 38.4. The summed E-state index contributed by atoms with van der Waals surface area (Å²) in [7, 11) is 0. The largest absolute Gasteiger partial charge is 0.391 e. The van der Waals surface area contributed by atoms with Crippen molar-refractivity contribution in [2.75, 3.05) is 6.26 Å². The fraction of sp³-hybridized carbons (Fsp3) is 1.00. The lowest BCUT2D eigenvalue weighted by atomic mass is 9.84. The van der Waals surface area contributed by atoms with E-state index in [0.717, 1.165) is 12.8 Å². The Morgan fingerprint density at radius 1 is 1.00 bits per heavy atom. The molecule has 0 heterocycles. The first kappa shape index (κ1) is 15.5. The monoisotopic (exact) mass is 295 g/mol. The molecule has 0 saturated heterocycles. The van der Waals surface area contributed by atoms with E-state index in [1.807, 2.05) is 11.8 Å². The number of thioether (sulfide) groups is 1. The molecule has 0 spiro atoms. The molecule has 5 heteroatoms. The maximum absolute atomic E-state index is 12.8. The van der Waals surface area contributed by atoms with E-state index in [0.29, 0.717) is 24.1 Å². The number of hydrogen-bond acceptors (Lipinski definition) is 2. The van der Waals surface area contributed by atoms with Gasteiger partial charge in [0, 0.05) is 17.3 Å². The second kappa shape index (κ2) is 6.70. The normalized spacial score (nSPS) is 37.3. The number of rotatable bonds is 3. The molecule has 112 valence electrons. The first-order valence-electron chi connectivity index (χ1n) is 7.36. The van der Waals surface area contributed by atoms with Gasteiger partial charge in [0.2, 0.25) is 0 Å². The Bertz CT molecular complexity index is 282. The quantitative estimate of drug-likeness (QED) is 0.829. The molecule has 2 aliphatic carbocycles. The Labute approximate surface area is 118 Å². The summed E-state index contributed by atoms with van der Waals surface area (Å²) in [5, 5.41) is 4.12. The van der Waals surface area contributed by atoms with E-state index in [4.69, 9.17) is 0 Å². The summed E-state index contributed by atoms with van der Waals surface area (Å²) in [6, 6.07) is 0.485. The molecule has 0 aromatic rings. The van der Waals surface area contributed by atoms with Crippen molar-refractivity contribution in [3.05, 3.63) is 0 Å². The van der Waals surface area contributed by atoms with E-state index in [2.05, 4.69) is 11.6 Å². The van der Waals surface area contributed by atoms with Gasteiger partial charge in [-0.05, 0) is 38.4 Å². The van der Waals surface area contributed by atoms with Gasteiger partial charge in [-0.15, -0.1) is 0 Å². The average Bonchev–Trinajstić information content (AvgIpc) is 2.39. The molecule has 0 aliphatic heterocycles. The van der Waals surface area contributed by atoms with E-state index >= 15 is 0 Å². The fourth-order valence-electron chi connectivity index (χ4n) is 3.51. The van der Waals surface area contributed by atoms with E-state index in [1.165, 1.54) is 19.3 Å². The maximum atomic E-state index is 12.8. The minimum Gasteiger partial charge on any atom is -0.310 e. The number of halogens is 3. The lowest BCUT2D eigenvalue weighted by Gasteiger charge is -2.38. The summed E-state index contributed by atoms with van der Waals surface area (Å²) >= 11 is 1.86. The predicted octanol–water partition coefficient (Wildman–Crippen LogP) is 4.37. The number of hydrogen-bond donors (Lipinski definition) is 1. The molecule has 1 N–H and O–H groups in total. The van der Waals surface area contributed by atoms with Crippen molar-refractivity contribution in [3.8, 4) is 0 Å². The summed E-state index contributed by atoms with van der Waals surface area (Å²) in [6.45, 7) is 0. The van der Waals surface area contributed by atoms with Crippen LogP contribution in [-0.2, 0) is 0 Å². The minimum atomic E-state index is -4.01. The Morgan fingerprint density at radius 2 is 1.74 bits per heavy atom. The molecule has 0 bridgehead atoms. The third-order valence-corrected chi connectivity index (χ3v) is 5.76. The first-order chi connectivity index (χ1) is 9.00. The van der Waals surface area contributed by atoms with Crippen molar-refractivity contribution in [2.45, 2.75) is 74.9 Å². The van der Waals surface area contributed by atoms with E-state index in [-0.39, 0.29) is 12.5 Å². The van der Waals surface area contributed by atoms with Crippen molar-refractivity contribution in [3.63, 3.8) is 0 Å². The zero-order valence-electron chi connectivity index (χ0n) is 11.5. The zero-order valence-corrected chi connectivity index (χ0v) is 12.3. The Kier molecular flexibility index (Phi) is 5.46. The third kappa shape index (κ3) is 4.28. The highest BCUT2D eigenvalue weighted by atomic mass is 32.2. The second-order valence-corrected chi connectivity index (χ2v) is 7.01. The van der Waals surface area contributed by atoms with Gasteiger partial charge in [-0.2, -0.15) is 24.9 Å². The Morgan fingerprint density at radius 3 is 2.42 bits per heavy atom. The van der Waals surface area contributed by atoms with Gasteiger partial charge in [0.1, 0.15) is 0 Å². The molecule has 19 heavy (non-hydrogen) atoms. The highest BCUT2D eigenvalue weighted by Crippen LogP contribution is 2.38. The maximum Gasteiger partial charge on any atom is 0.391 e. The van der Waals surface area contributed by atoms with Crippen LogP contribution in [0.25, 0.3) is 0 Å². The highest BCUT2D eigenvalue weighted by molar-refractivity contribution is 7.99. The molecule has 0 aromatic heterocycles. The van der Waals surface area contributed by atoms with Crippen LogP contribution in [0.3, 0.4) is 0 Å². The van der Waals surface area contributed by atoms with Crippen LogP contribution in [0.4, 0.5) is 13.2 Å². The van der Waals surface area contributed by atoms with Crippen molar-refractivity contribution >= 4 is 11.8 Å². The number of alkyl halides is 3. The summed E-state index contributed by atoms with van der Waals surface area (Å²) in [5.41, 5.74) is 0. The Hall–Kier alpha value is 0.100. The highest BCUT2D eigenvalue weighted by Gasteiger charge is 2.42. The zero-order chi connectivity index (χ0) is 13.9. The van der Waals surface area contributed by atoms with Crippen molar-refractivity contribution in [1.29, 1.82) is 0 Å². The van der Waals surface area contributed by atoms with Gasteiger partial charge in [-0.1, -0.05) is 19.3 Å². The standard InChI is InChI=1S/C14H24F3NS/c1-19-13-8-3-2-7-12(13)18-11-6-4-5-10(9-11)14(15,16)17/h10-13,18H,2-9H2,1H3. The third-order valence-electron chi connectivity index (χ3n) is 4.59. The molecule has 0 amide bonds. The van der Waals surface area contributed by atoms with Crippen molar-refractivity contribution in [2.24, 2.45) is 5.92 Å². The lowest BCUT2D eigenvalue weighted by molar-refractivity contribution is -0.183. The van der Waals surface area contributed by atoms with Crippen LogP contribution in [0.5, 0.6) is 0 Å². The van der Waals surface area contributed by atoms with Gasteiger partial charge in [0.25, 0.3) is 0 Å². The predicted molar refractivity (Wildman–Crippen MR) is 74.5 cm³/mol. The van der Waals surface area contributed by atoms with Crippen LogP contribution in [0.1, 0.15) is 51.4 Å². The Balaban J connectivity index is 1.87. The molecule has 2 saturated carbocycles. The van der Waals surface area contributed by atoms with Gasteiger partial charge in [0.05, 0.1) is 5.92 Å². The van der Waals surface area contributed by atoms with Gasteiger partial charge in [-0.3, -0.25) is 0 Å². The summed E-state index contributed by atoms with van der Waals surface area (Å²) in [4.78, 5) is 0. The van der Waals surface area contributed by atoms with E-state index in [9.17, 15) is 13.2 Å². The van der Waals surface area contributed by atoms with Crippen molar-refractivity contribution in [1.82, 2.24) is 5.32 Å². The van der Waals surface area contributed by atoms with Crippen LogP contribution >= 0.6 is 11.8 Å². The van der Waals surface area contributed by atoms with Crippen LogP contribution < -0.4 is 5.32 Å². The fourth-order valence-corrected chi connectivity index (χ4v) is 4.46. The van der Waals surface area contributed by atoms with Crippen molar-refractivity contribution < 1.29 is 13.2 Å². The van der Waals surface area contributed by atoms with E-state index < -0.39 is 12.1 Å². The van der Waals surface area contributed by atoms with Crippen LogP contribution in [0, 0.1) is 5.92 Å². The molecule has 4 atom stereocenters. The van der Waals surface area contributed by atoms with Gasteiger partial charge in [-0.25, -0.2) is 0 Å². The summed E-state index contributed by atoms with van der Waals surface area (Å²) in [6.07, 6.45) is 5.12. The molecule has 0 aromatic carbocycles. The van der Waals surface area contributed by atoms with Gasteiger partial charge in [0.15, 0.2) is 0 Å². The second-order valence-electron chi connectivity index (χ2n) is 5.93. The van der Waals surface area contributed by atoms with Crippen LogP contribution in [-0.4, -0.2) is 29.8 Å². The smallest absolute Gasteiger partial charge is 0.310 e. The summed E-state index contributed by atoms with van der Waals surface area (Å²) in [5.74, 6) is -1.09. The first-order valence-corrected chi connectivity index (χ1v) is 8.65. The topological polar surface area (TPSA) is 12.0 Å². The average molecular weight is 295 g/mol. The van der Waals surface area contributed by atoms with Crippen LogP contribution in [0.2, 0.25) is 0 Å². The lowest BCUT2D eigenvalue weighted by Crippen LogP contribution is -2.48. The molecule has 1 nitrogen and oxygen atoms in total. The molecular formula is C14H24F3NS. The molecule has 2 aliphatic rings. The molecule has 2 rings (SSSR count).